The van der Waals surface area contributed by atoms with Crippen molar-refractivity contribution in [3.8, 4) is 11.1 Å². The first kappa shape index (κ1) is 14.5. The van der Waals surface area contributed by atoms with Crippen LogP contribution in [0.5, 0.6) is 0 Å². The summed E-state index contributed by atoms with van der Waals surface area (Å²) < 4.78 is 5.00. The fraction of sp³-hybridized carbons (Fsp3) is 0. The lowest BCUT2D eigenvalue weighted by atomic mass is 9.99. The quantitative estimate of drug-likeness (QED) is 0.449. The van der Waals surface area contributed by atoms with Crippen molar-refractivity contribution in [3.05, 3.63) is 72.9 Å². The first-order valence-electron chi connectivity index (χ1n) is 8.17. The van der Waals surface area contributed by atoms with Gasteiger partial charge in [0.2, 0.25) is 0 Å². The molecule has 5 aromatic rings. The van der Waals surface area contributed by atoms with Crippen molar-refractivity contribution in [2.75, 3.05) is 5.32 Å². The number of carbonyl (C=O) groups excluding carboxylic acids is 1. The van der Waals surface area contributed by atoms with Crippen LogP contribution < -0.4 is 5.32 Å². The van der Waals surface area contributed by atoms with Gasteiger partial charge in [-0.05, 0) is 41.5 Å². The molecular formula is C20H14N4O2. The Kier molecular flexibility index (Phi) is 3.15. The Hall–Kier alpha value is -3.80. The van der Waals surface area contributed by atoms with Gasteiger partial charge in [-0.3, -0.25) is 9.89 Å². The Morgan fingerprint density at radius 3 is 2.92 bits per heavy atom. The van der Waals surface area contributed by atoms with Gasteiger partial charge in [-0.25, -0.2) is 0 Å². The zero-order valence-electron chi connectivity index (χ0n) is 13.6. The molecule has 2 aromatic carbocycles. The van der Waals surface area contributed by atoms with Crippen LogP contribution >= 0.6 is 0 Å². The number of fused-ring (bicyclic) bond motifs is 2. The van der Waals surface area contributed by atoms with E-state index in [0.717, 1.165) is 32.9 Å². The van der Waals surface area contributed by atoms with Gasteiger partial charge in [-0.1, -0.05) is 12.1 Å². The number of aromatic amines is 2. The molecule has 0 aliphatic heterocycles. The SMILES string of the molecule is O=C(Nc1cc(-c2cccc3[nH]ccc23)cc2[nH]ncc12)c1ccoc1. The van der Waals surface area contributed by atoms with Crippen molar-refractivity contribution in [2.24, 2.45) is 0 Å². The fourth-order valence-corrected chi connectivity index (χ4v) is 3.24. The minimum Gasteiger partial charge on any atom is -0.472 e. The van der Waals surface area contributed by atoms with Crippen LogP contribution in [0, 0.1) is 0 Å². The van der Waals surface area contributed by atoms with Crippen LogP contribution in [0.1, 0.15) is 10.4 Å². The summed E-state index contributed by atoms with van der Waals surface area (Å²) >= 11 is 0. The second-order valence-electron chi connectivity index (χ2n) is 6.07. The Bertz CT molecular complexity index is 1230. The molecule has 3 heterocycles. The maximum atomic E-state index is 12.5. The summed E-state index contributed by atoms with van der Waals surface area (Å²) in [5.74, 6) is -0.224. The predicted octanol–water partition coefficient (Wildman–Crippen LogP) is 4.56. The second kappa shape index (κ2) is 5.63. The zero-order valence-corrected chi connectivity index (χ0v) is 13.6. The van der Waals surface area contributed by atoms with Crippen molar-refractivity contribution in [2.45, 2.75) is 0 Å². The molecule has 3 N–H and O–H groups in total. The molecule has 0 spiro atoms. The average molecular weight is 342 g/mol. The van der Waals surface area contributed by atoms with E-state index in [1.165, 1.54) is 12.5 Å². The first-order chi connectivity index (χ1) is 12.8. The van der Waals surface area contributed by atoms with E-state index in [1.807, 2.05) is 36.5 Å². The van der Waals surface area contributed by atoms with Crippen molar-refractivity contribution in [1.82, 2.24) is 15.2 Å². The molecule has 0 saturated carbocycles. The lowest BCUT2D eigenvalue weighted by Gasteiger charge is -2.10. The first-order valence-corrected chi connectivity index (χ1v) is 8.17. The van der Waals surface area contributed by atoms with Crippen LogP contribution in [0.25, 0.3) is 32.9 Å². The normalized spacial score (nSPS) is 11.2. The summed E-state index contributed by atoms with van der Waals surface area (Å²) in [6, 6.07) is 13.8. The molecule has 6 heteroatoms. The highest BCUT2D eigenvalue weighted by atomic mass is 16.3. The third kappa shape index (κ3) is 2.28. The topological polar surface area (TPSA) is 86.7 Å². The molecule has 26 heavy (non-hydrogen) atoms. The summed E-state index contributed by atoms with van der Waals surface area (Å²) in [6.07, 6.45) is 6.53. The summed E-state index contributed by atoms with van der Waals surface area (Å²) in [6.45, 7) is 0. The maximum Gasteiger partial charge on any atom is 0.258 e. The van der Waals surface area contributed by atoms with Gasteiger partial charge in [-0.15, -0.1) is 0 Å². The monoisotopic (exact) mass is 342 g/mol. The number of hydrogen-bond acceptors (Lipinski definition) is 3. The number of nitrogens with one attached hydrogen (secondary N) is 3. The van der Waals surface area contributed by atoms with Gasteiger partial charge in [-0.2, -0.15) is 5.10 Å². The molecule has 0 fully saturated rings. The van der Waals surface area contributed by atoms with Gasteiger partial charge < -0.3 is 14.7 Å². The van der Waals surface area contributed by atoms with E-state index in [2.05, 4.69) is 26.6 Å². The smallest absolute Gasteiger partial charge is 0.258 e. The van der Waals surface area contributed by atoms with Crippen LogP contribution in [0.15, 0.2) is 71.8 Å². The van der Waals surface area contributed by atoms with Gasteiger partial charge in [0.1, 0.15) is 6.26 Å². The number of benzene rings is 2. The Labute approximate surface area is 147 Å². The molecular weight excluding hydrogens is 328 g/mol. The van der Waals surface area contributed by atoms with Crippen LogP contribution in [-0.2, 0) is 0 Å². The third-order valence-corrected chi connectivity index (χ3v) is 4.50. The Morgan fingerprint density at radius 1 is 1.08 bits per heavy atom. The molecule has 0 radical (unpaired) electrons. The van der Waals surface area contributed by atoms with Gasteiger partial charge in [0, 0.05) is 22.5 Å². The molecule has 1 amide bonds. The van der Waals surface area contributed by atoms with Crippen molar-refractivity contribution < 1.29 is 9.21 Å². The molecule has 3 aromatic heterocycles. The molecule has 0 atom stereocenters. The molecule has 0 aliphatic carbocycles. The minimum absolute atomic E-state index is 0.224. The lowest BCUT2D eigenvalue weighted by molar-refractivity contribution is 0.102. The van der Waals surface area contributed by atoms with E-state index in [4.69, 9.17) is 4.42 Å². The number of aromatic nitrogens is 3. The van der Waals surface area contributed by atoms with Crippen LogP contribution in [-0.4, -0.2) is 21.1 Å². The number of amides is 1. The number of carbonyl (C=O) groups is 1. The van der Waals surface area contributed by atoms with Crippen molar-refractivity contribution >= 4 is 33.4 Å². The van der Waals surface area contributed by atoms with Crippen LogP contribution in [0.2, 0.25) is 0 Å². The number of rotatable bonds is 3. The summed E-state index contributed by atoms with van der Waals surface area (Å²) in [7, 11) is 0. The van der Waals surface area contributed by atoms with E-state index >= 15 is 0 Å². The van der Waals surface area contributed by atoms with E-state index in [-0.39, 0.29) is 5.91 Å². The summed E-state index contributed by atoms with van der Waals surface area (Å²) in [5, 5.41) is 12.0. The van der Waals surface area contributed by atoms with Gasteiger partial charge >= 0.3 is 0 Å². The Balaban J connectivity index is 1.66. The van der Waals surface area contributed by atoms with E-state index in [0.29, 0.717) is 11.3 Å². The molecule has 6 nitrogen and oxygen atoms in total. The number of H-pyrrole nitrogens is 2. The molecule has 0 bridgehead atoms. The fourth-order valence-electron chi connectivity index (χ4n) is 3.24. The molecule has 126 valence electrons. The van der Waals surface area contributed by atoms with Crippen LogP contribution in [0.3, 0.4) is 0 Å². The van der Waals surface area contributed by atoms with Gasteiger partial charge in [0.15, 0.2) is 0 Å². The molecule has 0 unspecified atom stereocenters. The van der Waals surface area contributed by atoms with E-state index in [9.17, 15) is 4.79 Å². The van der Waals surface area contributed by atoms with Crippen molar-refractivity contribution in [1.29, 1.82) is 0 Å². The van der Waals surface area contributed by atoms with E-state index < -0.39 is 0 Å². The molecule has 0 aliphatic rings. The third-order valence-electron chi connectivity index (χ3n) is 4.50. The maximum absolute atomic E-state index is 12.5. The number of anilines is 1. The van der Waals surface area contributed by atoms with Gasteiger partial charge in [0.25, 0.3) is 5.91 Å². The van der Waals surface area contributed by atoms with Crippen molar-refractivity contribution in [3.63, 3.8) is 0 Å². The number of hydrogen-bond donors (Lipinski definition) is 3. The highest BCUT2D eigenvalue weighted by Gasteiger charge is 2.14. The largest absolute Gasteiger partial charge is 0.472 e. The summed E-state index contributed by atoms with van der Waals surface area (Å²) in [5.41, 5.74) is 5.17. The number of nitrogens with zero attached hydrogens (tertiary/aromatic N) is 1. The molecule has 0 saturated heterocycles. The van der Waals surface area contributed by atoms with E-state index in [1.54, 1.807) is 12.3 Å². The highest BCUT2D eigenvalue weighted by molar-refractivity contribution is 6.10. The average Bonchev–Trinajstić information content (AvgIpc) is 3.40. The standard InChI is InChI=1S/C20H14N4O2/c25-20(12-5-7-26-11-12)23-18-8-13(9-19-16(18)10-22-24-19)14-2-1-3-17-15(14)4-6-21-17/h1-11,21H,(H,22,24)(H,23,25). The predicted molar refractivity (Wildman–Crippen MR) is 100 cm³/mol. The summed E-state index contributed by atoms with van der Waals surface area (Å²) in [4.78, 5) is 15.7. The van der Waals surface area contributed by atoms with Crippen LogP contribution in [0.4, 0.5) is 5.69 Å². The molecule has 5 rings (SSSR count). The van der Waals surface area contributed by atoms with Gasteiger partial charge in [0.05, 0.1) is 29.2 Å². The Morgan fingerprint density at radius 2 is 2.04 bits per heavy atom. The minimum atomic E-state index is -0.224. The zero-order chi connectivity index (χ0) is 17.5. The lowest BCUT2D eigenvalue weighted by Crippen LogP contribution is -2.11. The number of furan rings is 1. The highest BCUT2D eigenvalue weighted by Crippen LogP contribution is 2.34. The second-order valence-corrected chi connectivity index (χ2v) is 6.07.